The summed E-state index contributed by atoms with van der Waals surface area (Å²) < 4.78 is 33.2. The van der Waals surface area contributed by atoms with Gasteiger partial charge >= 0.3 is 13.8 Å². The maximum atomic E-state index is 12.4. The summed E-state index contributed by atoms with van der Waals surface area (Å²) in [6, 6.07) is 0. The van der Waals surface area contributed by atoms with Gasteiger partial charge in [-0.2, -0.15) is 0 Å². The molecule has 0 radical (unpaired) electrons. The summed E-state index contributed by atoms with van der Waals surface area (Å²) in [5.74, 6) is -0.331. The highest BCUT2D eigenvalue weighted by atomic mass is 31.2. The van der Waals surface area contributed by atoms with Gasteiger partial charge in [-0.15, -0.1) is 0 Å². The predicted molar refractivity (Wildman–Crippen MR) is 187 cm³/mol. The number of hydrogen-bond acceptors (Lipinski definition) is 7. The van der Waals surface area contributed by atoms with Crippen LogP contribution in [0.15, 0.2) is 0 Å². The minimum absolute atomic E-state index is 0.0907. The molecular weight excluding hydrogens is 589 g/mol. The van der Waals surface area contributed by atoms with Gasteiger partial charge in [0.25, 0.3) is 0 Å². The van der Waals surface area contributed by atoms with Crippen molar-refractivity contribution in [2.24, 2.45) is 5.73 Å². The zero-order valence-corrected chi connectivity index (χ0v) is 30.5. The van der Waals surface area contributed by atoms with Gasteiger partial charge in [0.15, 0.2) is 0 Å². The van der Waals surface area contributed by atoms with Crippen LogP contribution >= 0.6 is 7.82 Å². The number of phosphoric acid groups is 1. The second-order valence-electron chi connectivity index (χ2n) is 12.8. The van der Waals surface area contributed by atoms with Crippen LogP contribution in [-0.4, -0.2) is 49.9 Å². The first kappa shape index (κ1) is 44.5. The third-order valence-corrected chi connectivity index (χ3v) is 9.26. The average molecular weight is 664 g/mol. The summed E-state index contributed by atoms with van der Waals surface area (Å²) in [6.45, 7) is 4.93. The molecule has 0 bridgehead atoms. The summed E-state index contributed by atoms with van der Waals surface area (Å²) in [4.78, 5) is 22.2. The molecule has 0 amide bonds. The molecular formula is C36H74NO7P. The van der Waals surface area contributed by atoms with Crippen LogP contribution in [0.3, 0.4) is 0 Å². The van der Waals surface area contributed by atoms with Gasteiger partial charge in [0.1, 0.15) is 6.10 Å². The lowest BCUT2D eigenvalue weighted by Gasteiger charge is -2.20. The summed E-state index contributed by atoms with van der Waals surface area (Å²) in [6.07, 6.45) is 32.7. The molecule has 3 N–H and O–H groups in total. The molecule has 0 rings (SSSR count). The smallest absolute Gasteiger partial charge is 0.457 e. The minimum Gasteiger partial charge on any atom is -0.457 e. The molecule has 2 atom stereocenters. The van der Waals surface area contributed by atoms with Crippen molar-refractivity contribution >= 4 is 13.8 Å². The van der Waals surface area contributed by atoms with E-state index in [1.54, 1.807) is 0 Å². The van der Waals surface area contributed by atoms with Gasteiger partial charge in [-0.3, -0.25) is 13.8 Å². The Morgan fingerprint density at radius 3 is 1.40 bits per heavy atom. The molecule has 0 aromatic carbocycles. The zero-order chi connectivity index (χ0) is 33.1. The first-order valence-corrected chi connectivity index (χ1v) is 20.5. The Balaban J connectivity index is 3.93. The molecule has 0 aromatic rings. The van der Waals surface area contributed by atoms with Gasteiger partial charge in [0.05, 0.1) is 19.8 Å². The van der Waals surface area contributed by atoms with Gasteiger partial charge in [0, 0.05) is 19.6 Å². The number of ether oxygens (including phenoxy) is 2. The molecule has 9 heteroatoms. The zero-order valence-electron chi connectivity index (χ0n) is 29.6. The molecule has 0 aliphatic heterocycles. The van der Waals surface area contributed by atoms with E-state index in [0.717, 1.165) is 32.1 Å². The molecule has 0 aliphatic carbocycles. The van der Waals surface area contributed by atoms with Crippen molar-refractivity contribution in [3.8, 4) is 0 Å². The number of rotatable bonds is 37. The van der Waals surface area contributed by atoms with E-state index >= 15 is 0 Å². The van der Waals surface area contributed by atoms with Crippen LogP contribution in [-0.2, 0) is 27.9 Å². The van der Waals surface area contributed by atoms with Crippen LogP contribution < -0.4 is 5.73 Å². The molecule has 0 aromatic heterocycles. The summed E-state index contributed by atoms with van der Waals surface area (Å²) in [7, 11) is -4.26. The van der Waals surface area contributed by atoms with Gasteiger partial charge in [-0.05, 0) is 12.8 Å². The highest BCUT2D eigenvalue weighted by Crippen LogP contribution is 2.43. The lowest BCUT2D eigenvalue weighted by Crippen LogP contribution is -2.28. The van der Waals surface area contributed by atoms with Crippen LogP contribution in [0, 0.1) is 0 Å². The fourth-order valence-corrected chi connectivity index (χ4v) is 6.23. The van der Waals surface area contributed by atoms with Crippen molar-refractivity contribution in [3.05, 3.63) is 0 Å². The molecule has 270 valence electrons. The third kappa shape index (κ3) is 34.6. The molecule has 0 saturated carbocycles. The van der Waals surface area contributed by atoms with E-state index in [-0.39, 0.29) is 32.3 Å². The Morgan fingerprint density at radius 2 is 0.978 bits per heavy atom. The predicted octanol–water partition coefficient (Wildman–Crippen LogP) is 10.6. The van der Waals surface area contributed by atoms with Crippen LogP contribution in [0.25, 0.3) is 0 Å². The number of unbranched alkanes of at least 4 members (excludes halogenated alkanes) is 24. The van der Waals surface area contributed by atoms with E-state index in [1.807, 2.05) is 0 Å². The molecule has 45 heavy (non-hydrogen) atoms. The fraction of sp³-hybridized carbons (Fsp3) is 0.972. The monoisotopic (exact) mass is 664 g/mol. The standard InChI is InChI=1S/C36H74NO7P/c1-3-5-7-9-11-13-14-15-16-17-18-19-20-21-22-24-26-28-31-41-33-35(34-43-45(39,40)42-32-30-37)44-36(38)29-27-25-23-12-10-8-6-4-2/h35H,3-34,37H2,1-2H3,(H,39,40). The van der Waals surface area contributed by atoms with E-state index in [0.29, 0.717) is 13.0 Å². The van der Waals surface area contributed by atoms with Crippen LogP contribution in [0.5, 0.6) is 0 Å². The molecule has 0 saturated heterocycles. The van der Waals surface area contributed by atoms with Gasteiger partial charge in [0.2, 0.25) is 0 Å². The van der Waals surface area contributed by atoms with E-state index in [2.05, 4.69) is 13.8 Å². The minimum atomic E-state index is -4.26. The Hall–Kier alpha value is -0.500. The number of phosphoric ester groups is 1. The van der Waals surface area contributed by atoms with Crippen molar-refractivity contribution < 1.29 is 32.8 Å². The lowest BCUT2D eigenvalue weighted by atomic mass is 10.0. The number of esters is 1. The van der Waals surface area contributed by atoms with E-state index in [4.69, 9.17) is 24.3 Å². The highest BCUT2D eigenvalue weighted by Gasteiger charge is 2.25. The SMILES string of the molecule is CCCCCCCCCCCCCCCCCCCCOCC(COP(=O)(O)OCCN)OC(=O)CCCCCCCCCC. The van der Waals surface area contributed by atoms with E-state index in [1.165, 1.54) is 135 Å². The Labute approximate surface area is 278 Å². The average Bonchev–Trinajstić information content (AvgIpc) is 3.02. The Morgan fingerprint density at radius 1 is 0.578 bits per heavy atom. The van der Waals surface area contributed by atoms with Crippen molar-refractivity contribution in [2.75, 3.05) is 33.0 Å². The first-order valence-electron chi connectivity index (χ1n) is 19.0. The maximum absolute atomic E-state index is 12.4. The highest BCUT2D eigenvalue weighted by molar-refractivity contribution is 7.47. The molecule has 2 unspecified atom stereocenters. The number of nitrogens with two attached hydrogens (primary N) is 1. The van der Waals surface area contributed by atoms with Gasteiger partial charge in [-0.1, -0.05) is 168 Å². The Kier molecular flexibility index (Phi) is 34.4. The summed E-state index contributed by atoms with van der Waals surface area (Å²) in [5, 5.41) is 0. The molecule has 0 fully saturated rings. The van der Waals surface area contributed by atoms with Crippen molar-refractivity contribution in [1.29, 1.82) is 0 Å². The van der Waals surface area contributed by atoms with Crippen LogP contribution in [0.2, 0.25) is 0 Å². The second-order valence-corrected chi connectivity index (χ2v) is 14.3. The lowest BCUT2D eigenvalue weighted by molar-refractivity contribution is -0.154. The van der Waals surface area contributed by atoms with Gasteiger partial charge < -0.3 is 20.1 Å². The fourth-order valence-electron chi connectivity index (χ4n) is 5.47. The summed E-state index contributed by atoms with van der Waals surface area (Å²) >= 11 is 0. The normalized spacial score (nSPS) is 13.6. The van der Waals surface area contributed by atoms with Crippen molar-refractivity contribution in [3.63, 3.8) is 0 Å². The maximum Gasteiger partial charge on any atom is 0.472 e. The second kappa shape index (κ2) is 34.8. The van der Waals surface area contributed by atoms with Gasteiger partial charge in [-0.25, -0.2) is 4.57 Å². The molecule has 8 nitrogen and oxygen atoms in total. The largest absolute Gasteiger partial charge is 0.472 e. The number of carbonyl (C=O) groups is 1. The number of carbonyl (C=O) groups excluding carboxylic acids is 1. The van der Waals surface area contributed by atoms with E-state index < -0.39 is 13.9 Å². The van der Waals surface area contributed by atoms with Crippen LogP contribution in [0.1, 0.15) is 187 Å². The molecule has 0 aliphatic rings. The van der Waals surface area contributed by atoms with E-state index in [9.17, 15) is 14.3 Å². The summed E-state index contributed by atoms with van der Waals surface area (Å²) in [5.41, 5.74) is 5.34. The third-order valence-electron chi connectivity index (χ3n) is 8.27. The van der Waals surface area contributed by atoms with Crippen molar-refractivity contribution in [1.82, 2.24) is 0 Å². The first-order chi connectivity index (χ1) is 21.9. The quantitative estimate of drug-likeness (QED) is 0.0383. The molecule has 0 spiro atoms. The Bertz CT molecular complexity index is 667. The van der Waals surface area contributed by atoms with Crippen LogP contribution in [0.4, 0.5) is 0 Å². The number of hydrogen-bond donors (Lipinski definition) is 2. The molecule has 0 heterocycles. The van der Waals surface area contributed by atoms with Crippen molar-refractivity contribution in [2.45, 2.75) is 193 Å². The topological polar surface area (TPSA) is 117 Å².